The number of unbranched alkanes of at least 4 members (excludes halogenated alkanes) is 1. The van der Waals surface area contributed by atoms with Gasteiger partial charge in [0.2, 0.25) is 70.9 Å². The van der Waals surface area contributed by atoms with Crippen LogP contribution in [0.5, 0.6) is 0 Å². The van der Waals surface area contributed by atoms with Crippen molar-refractivity contribution < 1.29 is 57.5 Å². The number of nitrogens with two attached hydrogens (primary N) is 12. The van der Waals surface area contributed by atoms with Gasteiger partial charge in [-0.25, -0.2) is 0 Å². The lowest BCUT2D eigenvalue weighted by Gasteiger charge is -2.31. The molecular formula is C54H102N26O12. The predicted molar refractivity (Wildman–Crippen MR) is 342 cm³/mol. The van der Waals surface area contributed by atoms with Crippen molar-refractivity contribution in [1.82, 2.24) is 52.8 Å². The molecule has 1 fully saturated rings. The summed E-state index contributed by atoms with van der Waals surface area (Å²) in [5, 5.41) is 23.6. The Morgan fingerprint density at radius 1 is 0.424 bits per heavy atom. The molecule has 92 heavy (non-hydrogen) atoms. The van der Waals surface area contributed by atoms with Crippen LogP contribution in [0.1, 0.15) is 130 Å². The van der Waals surface area contributed by atoms with Crippen LogP contribution >= 0.6 is 0 Å². The van der Waals surface area contributed by atoms with Gasteiger partial charge < -0.3 is 122 Å². The Balaban J connectivity index is 3.58. The van der Waals surface area contributed by atoms with E-state index in [4.69, 9.17) is 68.8 Å². The van der Waals surface area contributed by atoms with E-state index in [0.717, 1.165) is 0 Å². The third kappa shape index (κ3) is 32.4. The number of carbonyl (C=O) groups is 12. The number of likely N-dealkylation sites (tertiary alicyclic amines) is 1. The van der Waals surface area contributed by atoms with E-state index in [1.165, 1.54) is 11.8 Å². The molecule has 1 aliphatic heterocycles. The number of guanidine groups is 4. The first-order valence-electron chi connectivity index (χ1n) is 30.5. The zero-order valence-electron chi connectivity index (χ0n) is 53.2. The van der Waals surface area contributed by atoms with E-state index in [-0.39, 0.29) is 127 Å². The first-order valence-corrected chi connectivity index (χ1v) is 30.5. The highest BCUT2D eigenvalue weighted by Crippen LogP contribution is 2.21. The number of amides is 12. The van der Waals surface area contributed by atoms with Gasteiger partial charge in [-0.3, -0.25) is 77.5 Å². The molecule has 0 aromatic rings. The van der Waals surface area contributed by atoms with E-state index in [9.17, 15) is 57.5 Å². The Hall–Kier alpha value is -9.36. The van der Waals surface area contributed by atoms with E-state index >= 15 is 0 Å². The number of carbonyl (C=O) groups excluding carboxylic acids is 12. The number of rotatable bonds is 46. The van der Waals surface area contributed by atoms with Crippen molar-refractivity contribution in [1.29, 1.82) is 0 Å². The van der Waals surface area contributed by atoms with Crippen molar-refractivity contribution in [3.8, 4) is 0 Å². The van der Waals surface area contributed by atoms with Gasteiger partial charge in [-0.05, 0) is 123 Å². The summed E-state index contributed by atoms with van der Waals surface area (Å²) in [6.07, 6.45) is 0.380. The second-order valence-electron chi connectivity index (χ2n) is 22.4. The molecule has 1 rings (SSSR count). The predicted octanol–water partition coefficient (Wildman–Crippen LogP) is -9.52. The summed E-state index contributed by atoms with van der Waals surface area (Å²) in [6, 6.07) is -13.1. The number of aliphatic imine (C=N–C) groups is 4. The average Bonchev–Trinajstić information content (AvgIpc) is 1.76. The molecule has 0 radical (unpaired) electrons. The zero-order chi connectivity index (χ0) is 69.6. The molecule has 0 bridgehead atoms. The largest absolute Gasteiger partial charge is 0.370 e. The lowest BCUT2D eigenvalue weighted by Crippen LogP contribution is -2.60. The Kier molecular flexibility index (Phi) is 38.0. The lowest BCUT2D eigenvalue weighted by molar-refractivity contribution is -0.142. The molecule has 0 aromatic carbocycles. The number of nitrogens with zero attached hydrogens (tertiary/aromatic N) is 5. The highest BCUT2D eigenvalue weighted by Gasteiger charge is 2.40. The van der Waals surface area contributed by atoms with Gasteiger partial charge in [-0.2, -0.15) is 0 Å². The molecule has 1 saturated heterocycles. The Bertz CT molecular complexity index is 2590. The summed E-state index contributed by atoms with van der Waals surface area (Å²) in [7, 11) is 1.56. The smallest absolute Gasteiger partial charge is 0.245 e. The summed E-state index contributed by atoms with van der Waals surface area (Å²) in [5.74, 6) is -11.4. The topological polar surface area (TPSA) is 678 Å². The number of hydrogen-bond donors (Lipinski definition) is 21. The number of likely N-dealkylation sites (N-methyl/N-ethyl adjacent to an activating group) is 1. The standard InChI is InChI=1S/C54H102N26O12/c1-28(2)40(49(91)73-30(41(58)83)13-7-23-68-51(59)60)79-42(84)29(3)72-44(86)32(12-5-6-22-55)74-46(88)34(18-20-38(56)81)76-45(87)33(15-9-25-70-53(63)64)75-47(89)35(19-21-39(57)82)77-48(90)37-17-11-27-80(37)50(92)36(16-10-26-71-54(65)66)78-43(85)31(67-4)14-8-24-69-52(61)62/h28-37,40,67H,5-27,55H2,1-4H3,(H2,56,81)(H2,57,82)(H2,58,83)(H,72,86)(H,73,91)(H,74,88)(H,75,89)(H,76,87)(H,77,90)(H,78,85)(H,79,84)(H4,59,60,68)(H4,61,62,69)(H4,63,64,70)(H4,65,66,71)/t29-,30-,31-,32-,33-,34-,35-,36-,37-,40-/m0/s1. The summed E-state index contributed by atoms with van der Waals surface area (Å²) in [5.41, 5.74) is 65.9. The van der Waals surface area contributed by atoms with Crippen LogP contribution in [0.25, 0.3) is 0 Å². The van der Waals surface area contributed by atoms with Gasteiger partial charge in [0, 0.05) is 45.6 Å². The molecule has 0 unspecified atom stereocenters. The molecule has 38 nitrogen and oxygen atoms in total. The van der Waals surface area contributed by atoms with Gasteiger partial charge in [-0.15, -0.1) is 0 Å². The minimum absolute atomic E-state index is 0.0238. The van der Waals surface area contributed by atoms with Crippen LogP contribution in [0, 0.1) is 5.92 Å². The second kappa shape index (κ2) is 43.4. The van der Waals surface area contributed by atoms with Crippen LogP contribution < -0.4 is 117 Å². The number of hydrogen-bond acceptors (Lipinski definition) is 18. The highest BCUT2D eigenvalue weighted by molar-refractivity contribution is 5.99. The number of nitrogens with one attached hydrogen (secondary N) is 9. The molecule has 38 heteroatoms. The van der Waals surface area contributed by atoms with Crippen molar-refractivity contribution in [2.45, 2.75) is 190 Å². The van der Waals surface area contributed by atoms with Gasteiger partial charge in [0.1, 0.15) is 54.4 Å². The molecule has 1 heterocycles. The molecule has 33 N–H and O–H groups in total. The van der Waals surface area contributed by atoms with Gasteiger partial charge in [0.25, 0.3) is 0 Å². The molecule has 0 spiro atoms. The molecule has 0 saturated carbocycles. The summed E-state index contributed by atoms with van der Waals surface area (Å²) in [6.45, 7) is 5.24. The molecule has 0 aromatic heterocycles. The molecule has 1 aliphatic rings. The maximum Gasteiger partial charge on any atom is 0.245 e. The first-order chi connectivity index (χ1) is 43.3. The van der Waals surface area contributed by atoms with E-state index in [0.29, 0.717) is 19.3 Å². The Morgan fingerprint density at radius 3 is 1.21 bits per heavy atom. The quantitative estimate of drug-likeness (QED) is 0.0153. The van der Waals surface area contributed by atoms with Gasteiger partial charge in [0.15, 0.2) is 23.8 Å². The molecule has 10 atom stereocenters. The molecule has 12 amide bonds. The van der Waals surface area contributed by atoms with E-state index < -0.39 is 163 Å². The highest BCUT2D eigenvalue weighted by atomic mass is 16.2. The lowest BCUT2D eigenvalue weighted by atomic mass is 10.0. The fourth-order valence-corrected chi connectivity index (χ4v) is 9.42. The fourth-order valence-electron chi connectivity index (χ4n) is 9.42. The maximum absolute atomic E-state index is 14.4. The summed E-state index contributed by atoms with van der Waals surface area (Å²) >= 11 is 0. The Morgan fingerprint density at radius 2 is 0.793 bits per heavy atom. The van der Waals surface area contributed by atoms with Crippen molar-refractivity contribution in [2.24, 2.45) is 94.7 Å². The normalized spacial score (nSPS) is 15.5. The van der Waals surface area contributed by atoms with Crippen LogP contribution in [0.3, 0.4) is 0 Å². The van der Waals surface area contributed by atoms with Gasteiger partial charge in [0.05, 0.1) is 6.04 Å². The van der Waals surface area contributed by atoms with Crippen molar-refractivity contribution in [3.05, 3.63) is 0 Å². The Labute approximate surface area is 534 Å². The van der Waals surface area contributed by atoms with Crippen LogP contribution in [0.15, 0.2) is 20.0 Å². The van der Waals surface area contributed by atoms with Crippen molar-refractivity contribution in [2.75, 3.05) is 46.3 Å². The molecular weight excluding hydrogens is 1200 g/mol. The van der Waals surface area contributed by atoms with E-state index in [2.05, 4.69) is 67.8 Å². The van der Waals surface area contributed by atoms with Gasteiger partial charge >= 0.3 is 0 Å². The SMILES string of the molecule is CN[C@@H](CCCN=C(N)N)C(=O)N[C@@H](CCCN=C(N)N)C(=O)N1CCC[C@H]1C(=O)N[C@@H](CCC(N)=O)C(=O)N[C@@H](CCCN=C(N)N)C(=O)N[C@@H](CCC(N)=O)C(=O)N[C@@H](CCCCN)C(=O)N[C@@H](C)C(=O)N[C@H](C(=O)N[C@@H](CCCN=C(N)N)C(N)=O)C(C)C. The van der Waals surface area contributed by atoms with Crippen LogP contribution in [-0.2, 0) is 57.5 Å². The zero-order valence-corrected chi connectivity index (χ0v) is 53.2. The molecule has 0 aliphatic carbocycles. The summed E-state index contributed by atoms with van der Waals surface area (Å²) < 4.78 is 0. The van der Waals surface area contributed by atoms with Crippen molar-refractivity contribution in [3.63, 3.8) is 0 Å². The minimum Gasteiger partial charge on any atom is -0.370 e. The molecule has 520 valence electrons. The monoisotopic (exact) mass is 1310 g/mol. The first kappa shape index (κ1) is 80.7. The number of primary amides is 3. The second-order valence-corrected chi connectivity index (χ2v) is 22.4. The average molecular weight is 1310 g/mol. The summed E-state index contributed by atoms with van der Waals surface area (Å²) in [4.78, 5) is 180. The van der Waals surface area contributed by atoms with E-state index in [1.54, 1.807) is 20.9 Å². The minimum atomic E-state index is -1.63. The van der Waals surface area contributed by atoms with Gasteiger partial charge in [-0.1, -0.05) is 13.8 Å². The van der Waals surface area contributed by atoms with Crippen LogP contribution in [0.2, 0.25) is 0 Å². The van der Waals surface area contributed by atoms with Crippen molar-refractivity contribution >= 4 is 94.7 Å². The third-order valence-corrected chi connectivity index (χ3v) is 14.4. The van der Waals surface area contributed by atoms with E-state index in [1.807, 2.05) is 0 Å². The maximum atomic E-state index is 14.4. The van der Waals surface area contributed by atoms with Crippen LogP contribution in [0.4, 0.5) is 0 Å². The third-order valence-electron chi connectivity index (χ3n) is 14.4. The fraction of sp³-hybridized carbons (Fsp3) is 0.704. The van der Waals surface area contributed by atoms with Crippen LogP contribution in [-0.4, -0.2) is 206 Å².